The van der Waals surface area contributed by atoms with Crippen LogP contribution in [0.5, 0.6) is 17.2 Å². The summed E-state index contributed by atoms with van der Waals surface area (Å²) in [6, 6.07) is 32.1. The Hall–Kier alpha value is -4.62. The number of ether oxygens (including phenoxy) is 2. The standard InChI is InChI=1S/C33H30N4O2S/c1-22-9-10-25(21-23(22)2)36-20-6-8-30(36)32-31(29-7-4-5-19-34-29)35-33(40)37(32)24-11-13-27(14-12-24)39-28-17-15-26(38-3)16-18-28/h4-21,31-32H,1-3H3,(H,35,40)/t31-,32-/m1/s1. The first-order valence-electron chi connectivity index (χ1n) is 13.2. The second-order valence-corrected chi connectivity index (χ2v) is 10.2. The van der Waals surface area contributed by atoms with E-state index in [0.717, 1.165) is 40.0 Å². The molecule has 2 atom stereocenters. The maximum atomic E-state index is 6.07. The highest BCUT2D eigenvalue weighted by molar-refractivity contribution is 7.80. The molecule has 1 saturated heterocycles. The molecule has 1 N–H and O–H groups in total. The lowest BCUT2D eigenvalue weighted by atomic mass is 10.0. The number of pyridine rings is 1. The van der Waals surface area contributed by atoms with E-state index in [1.54, 1.807) is 7.11 Å². The van der Waals surface area contributed by atoms with E-state index in [0.29, 0.717) is 5.11 Å². The Morgan fingerprint density at radius 2 is 1.48 bits per heavy atom. The molecule has 200 valence electrons. The minimum atomic E-state index is -0.135. The number of rotatable bonds is 7. The lowest BCUT2D eigenvalue weighted by molar-refractivity contribution is 0.413. The Morgan fingerprint density at radius 1 is 0.775 bits per heavy atom. The molecule has 0 bridgehead atoms. The van der Waals surface area contributed by atoms with Gasteiger partial charge in [0.05, 0.1) is 18.8 Å². The van der Waals surface area contributed by atoms with Gasteiger partial charge in [0.25, 0.3) is 0 Å². The predicted octanol–water partition coefficient (Wildman–Crippen LogP) is 7.47. The number of benzene rings is 3. The first kappa shape index (κ1) is 25.6. The summed E-state index contributed by atoms with van der Waals surface area (Å²) in [5.74, 6) is 2.27. The highest BCUT2D eigenvalue weighted by Gasteiger charge is 2.42. The predicted molar refractivity (Wildman–Crippen MR) is 163 cm³/mol. The van der Waals surface area contributed by atoms with E-state index in [-0.39, 0.29) is 12.1 Å². The molecule has 1 fully saturated rings. The normalized spacial score (nSPS) is 16.6. The molecule has 0 saturated carbocycles. The molecule has 3 aromatic carbocycles. The topological polar surface area (TPSA) is 51.6 Å². The Morgan fingerprint density at radius 3 is 2.15 bits per heavy atom. The van der Waals surface area contributed by atoms with E-state index in [9.17, 15) is 0 Å². The summed E-state index contributed by atoms with van der Waals surface area (Å²) < 4.78 is 13.6. The first-order chi connectivity index (χ1) is 19.5. The third-order valence-corrected chi connectivity index (χ3v) is 7.67. The van der Waals surface area contributed by atoms with Crippen LogP contribution >= 0.6 is 12.2 Å². The zero-order chi connectivity index (χ0) is 27.6. The van der Waals surface area contributed by atoms with Gasteiger partial charge >= 0.3 is 0 Å². The van der Waals surface area contributed by atoms with Gasteiger partial charge in [0.2, 0.25) is 0 Å². The molecule has 3 heterocycles. The van der Waals surface area contributed by atoms with E-state index in [2.05, 4.69) is 65.2 Å². The van der Waals surface area contributed by atoms with Crippen LogP contribution in [0.4, 0.5) is 5.69 Å². The quantitative estimate of drug-likeness (QED) is 0.214. The van der Waals surface area contributed by atoms with Crippen LogP contribution in [0.15, 0.2) is 109 Å². The molecule has 7 heteroatoms. The average molecular weight is 547 g/mol. The van der Waals surface area contributed by atoms with E-state index in [4.69, 9.17) is 26.7 Å². The van der Waals surface area contributed by atoms with Gasteiger partial charge < -0.3 is 24.3 Å². The van der Waals surface area contributed by atoms with Crippen molar-refractivity contribution in [1.82, 2.24) is 14.9 Å². The molecule has 1 aliphatic rings. The lowest BCUT2D eigenvalue weighted by Crippen LogP contribution is -2.30. The molecule has 40 heavy (non-hydrogen) atoms. The minimum absolute atomic E-state index is 0.132. The van der Waals surface area contributed by atoms with Crippen molar-refractivity contribution in [3.8, 4) is 22.9 Å². The molecule has 0 spiro atoms. The highest BCUT2D eigenvalue weighted by atomic mass is 32.1. The Balaban J connectivity index is 1.37. The summed E-state index contributed by atoms with van der Waals surface area (Å²) >= 11 is 5.94. The Bertz CT molecular complexity index is 1630. The molecule has 6 rings (SSSR count). The van der Waals surface area contributed by atoms with E-state index in [1.807, 2.05) is 72.9 Å². The zero-order valence-electron chi connectivity index (χ0n) is 22.6. The summed E-state index contributed by atoms with van der Waals surface area (Å²) in [5, 5.41) is 4.21. The van der Waals surface area contributed by atoms with Crippen LogP contribution in [0.1, 0.15) is 34.6 Å². The fourth-order valence-corrected chi connectivity index (χ4v) is 5.48. The van der Waals surface area contributed by atoms with Crippen LogP contribution in [0.2, 0.25) is 0 Å². The number of aromatic nitrogens is 2. The number of hydrogen-bond donors (Lipinski definition) is 1. The second-order valence-electron chi connectivity index (χ2n) is 9.84. The van der Waals surface area contributed by atoms with E-state index < -0.39 is 0 Å². The van der Waals surface area contributed by atoms with Gasteiger partial charge in [-0.2, -0.15) is 0 Å². The van der Waals surface area contributed by atoms with Crippen molar-refractivity contribution in [2.45, 2.75) is 25.9 Å². The summed E-state index contributed by atoms with van der Waals surface area (Å²) in [4.78, 5) is 6.88. The van der Waals surface area contributed by atoms with Crippen molar-refractivity contribution < 1.29 is 9.47 Å². The number of nitrogens with zero attached hydrogens (tertiary/aromatic N) is 3. The molecular weight excluding hydrogens is 516 g/mol. The summed E-state index contributed by atoms with van der Waals surface area (Å²) in [7, 11) is 1.65. The van der Waals surface area contributed by atoms with Gasteiger partial charge in [0.15, 0.2) is 5.11 Å². The lowest BCUT2D eigenvalue weighted by Gasteiger charge is -2.29. The molecule has 1 aliphatic heterocycles. The summed E-state index contributed by atoms with van der Waals surface area (Å²) in [5.41, 5.74) is 6.66. The van der Waals surface area contributed by atoms with E-state index >= 15 is 0 Å². The van der Waals surface area contributed by atoms with Crippen molar-refractivity contribution in [3.05, 3.63) is 132 Å². The molecule has 5 aromatic rings. The fourth-order valence-electron chi connectivity index (χ4n) is 5.13. The van der Waals surface area contributed by atoms with Crippen molar-refractivity contribution >= 4 is 23.0 Å². The van der Waals surface area contributed by atoms with Gasteiger partial charge in [-0.15, -0.1) is 0 Å². The Kier molecular flexibility index (Phi) is 6.97. The van der Waals surface area contributed by atoms with Crippen molar-refractivity contribution in [2.24, 2.45) is 0 Å². The van der Waals surface area contributed by atoms with Crippen LogP contribution in [0, 0.1) is 13.8 Å². The SMILES string of the molecule is COc1ccc(Oc2ccc(N3C(=S)N[C@H](c4ccccn4)[C@H]3c3cccn3-c3ccc(C)c(C)c3)cc2)cc1. The zero-order valence-corrected chi connectivity index (χ0v) is 23.4. The van der Waals surface area contributed by atoms with Gasteiger partial charge in [-0.3, -0.25) is 4.98 Å². The number of hydrogen-bond acceptors (Lipinski definition) is 4. The molecule has 0 amide bonds. The van der Waals surface area contributed by atoms with Gasteiger partial charge in [-0.05, 0) is 122 Å². The summed E-state index contributed by atoms with van der Waals surface area (Å²) in [6.45, 7) is 4.28. The molecule has 0 aliphatic carbocycles. The van der Waals surface area contributed by atoms with Gasteiger partial charge in [0, 0.05) is 29.5 Å². The van der Waals surface area contributed by atoms with Gasteiger partial charge in [0.1, 0.15) is 23.3 Å². The third kappa shape index (κ3) is 4.92. The largest absolute Gasteiger partial charge is 0.497 e. The second kappa shape index (κ2) is 10.9. The van der Waals surface area contributed by atoms with E-state index in [1.165, 1.54) is 11.1 Å². The molecular formula is C33H30N4O2S. The van der Waals surface area contributed by atoms with Crippen LogP contribution in [-0.4, -0.2) is 21.8 Å². The summed E-state index contributed by atoms with van der Waals surface area (Å²) in [6.07, 6.45) is 3.94. The maximum Gasteiger partial charge on any atom is 0.174 e. The smallest absolute Gasteiger partial charge is 0.174 e. The molecule has 0 radical (unpaired) electrons. The number of thiocarbonyl (C=S) groups is 1. The van der Waals surface area contributed by atoms with Crippen molar-refractivity contribution in [3.63, 3.8) is 0 Å². The van der Waals surface area contributed by atoms with Crippen molar-refractivity contribution in [1.29, 1.82) is 0 Å². The van der Waals surface area contributed by atoms with Gasteiger partial charge in [-0.25, -0.2) is 0 Å². The molecule has 0 unspecified atom stereocenters. The Labute approximate surface area is 239 Å². The number of aryl methyl sites for hydroxylation is 2. The van der Waals surface area contributed by atoms with Crippen molar-refractivity contribution in [2.75, 3.05) is 12.0 Å². The number of anilines is 1. The van der Waals surface area contributed by atoms with Crippen LogP contribution in [0.3, 0.4) is 0 Å². The third-order valence-electron chi connectivity index (χ3n) is 7.36. The number of methoxy groups -OCH3 is 1. The van der Waals surface area contributed by atoms with Gasteiger partial charge in [-0.1, -0.05) is 12.1 Å². The monoisotopic (exact) mass is 546 g/mol. The highest BCUT2D eigenvalue weighted by Crippen LogP contribution is 2.42. The number of nitrogens with one attached hydrogen (secondary N) is 1. The fraction of sp³-hybridized carbons (Fsp3) is 0.152. The maximum absolute atomic E-state index is 6.07. The molecule has 6 nitrogen and oxygen atoms in total. The van der Waals surface area contributed by atoms with Crippen LogP contribution < -0.4 is 19.7 Å². The molecule has 2 aromatic heterocycles. The average Bonchev–Trinajstić information content (AvgIpc) is 3.60. The van der Waals surface area contributed by atoms with Crippen LogP contribution in [-0.2, 0) is 0 Å². The first-order valence-corrected chi connectivity index (χ1v) is 13.6. The van der Waals surface area contributed by atoms with Crippen LogP contribution in [0.25, 0.3) is 5.69 Å². The minimum Gasteiger partial charge on any atom is -0.497 e.